The van der Waals surface area contributed by atoms with E-state index in [9.17, 15) is 4.79 Å². The van der Waals surface area contributed by atoms with Gasteiger partial charge in [-0.2, -0.15) is 0 Å². The third-order valence-electron chi connectivity index (χ3n) is 3.08. The van der Waals surface area contributed by atoms with E-state index >= 15 is 0 Å². The van der Waals surface area contributed by atoms with Crippen LogP contribution < -0.4 is 0 Å². The van der Waals surface area contributed by atoms with Crippen molar-refractivity contribution >= 4 is 28.4 Å². The number of nitrogens with zero attached hydrogens (tertiary/aromatic N) is 2. The molecule has 0 saturated heterocycles. The molecule has 2 heterocycles. The first-order chi connectivity index (χ1) is 9.65. The number of fused-ring (bicyclic) bond motifs is 1. The number of rotatable bonds is 4. The van der Waals surface area contributed by atoms with Gasteiger partial charge in [-0.15, -0.1) is 5.10 Å². The number of aromatic amines is 2. The Hall–Kier alpha value is -2.08. The Labute approximate surface area is 120 Å². The number of Topliss-reactive ketones (excluding diaryl/α,β-unsaturated/α-hetero) is 1. The summed E-state index contributed by atoms with van der Waals surface area (Å²) in [4.78, 5) is 19.8. The van der Waals surface area contributed by atoms with E-state index in [1.807, 2.05) is 38.1 Å². The maximum absolute atomic E-state index is 12.4. The first-order valence-corrected chi connectivity index (χ1v) is 7.26. The van der Waals surface area contributed by atoms with Crippen LogP contribution in [-0.2, 0) is 0 Å². The van der Waals surface area contributed by atoms with Crippen molar-refractivity contribution in [2.75, 3.05) is 5.75 Å². The smallest absolute Gasteiger partial charge is 0.208 e. The first kappa shape index (κ1) is 12.9. The molecule has 0 bridgehead atoms. The summed E-state index contributed by atoms with van der Waals surface area (Å²) in [6.45, 7) is 3.76. The van der Waals surface area contributed by atoms with Crippen molar-refractivity contribution in [3.05, 3.63) is 41.3 Å². The van der Waals surface area contributed by atoms with Gasteiger partial charge in [0, 0.05) is 22.2 Å². The lowest BCUT2D eigenvalue weighted by Crippen LogP contribution is -2.03. The van der Waals surface area contributed by atoms with Crippen LogP contribution in [0.4, 0.5) is 0 Å². The molecule has 1 aromatic carbocycles. The van der Waals surface area contributed by atoms with Gasteiger partial charge in [0.2, 0.25) is 5.16 Å². The molecule has 2 aromatic heterocycles. The summed E-state index contributed by atoms with van der Waals surface area (Å²) in [7, 11) is 0. The number of thioether (sulfide) groups is 1. The summed E-state index contributed by atoms with van der Waals surface area (Å²) < 4.78 is 0. The average molecular weight is 286 g/mol. The number of aryl methyl sites for hydroxylation is 2. The molecule has 0 unspecified atom stereocenters. The number of aromatic nitrogens is 4. The summed E-state index contributed by atoms with van der Waals surface area (Å²) in [5.74, 6) is 1.18. The van der Waals surface area contributed by atoms with Crippen LogP contribution >= 0.6 is 11.8 Å². The van der Waals surface area contributed by atoms with Crippen LogP contribution in [-0.4, -0.2) is 31.7 Å². The molecular formula is C14H14N4OS. The van der Waals surface area contributed by atoms with Gasteiger partial charge >= 0.3 is 0 Å². The highest BCUT2D eigenvalue weighted by Crippen LogP contribution is 2.24. The molecule has 3 aromatic rings. The van der Waals surface area contributed by atoms with E-state index in [0.717, 1.165) is 28.0 Å². The Balaban J connectivity index is 1.83. The number of benzene rings is 1. The fourth-order valence-corrected chi connectivity index (χ4v) is 2.94. The molecule has 0 amide bonds. The van der Waals surface area contributed by atoms with Crippen molar-refractivity contribution in [2.24, 2.45) is 0 Å². The number of nitrogens with one attached hydrogen (secondary N) is 2. The van der Waals surface area contributed by atoms with Gasteiger partial charge in [0.25, 0.3) is 0 Å². The second-order valence-electron chi connectivity index (χ2n) is 4.59. The predicted molar refractivity (Wildman–Crippen MR) is 79.2 cm³/mol. The van der Waals surface area contributed by atoms with Gasteiger partial charge in [0.1, 0.15) is 5.82 Å². The fourth-order valence-electron chi connectivity index (χ4n) is 2.22. The van der Waals surface area contributed by atoms with Crippen LogP contribution in [0.25, 0.3) is 10.9 Å². The zero-order valence-corrected chi connectivity index (χ0v) is 12.0. The summed E-state index contributed by atoms with van der Waals surface area (Å²) in [5.41, 5.74) is 2.66. The topological polar surface area (TPSA) is 74.4 Å². The molecule has 102 valence electrons. The Kier molecular flexibility index (Phi) is 3.31. The van der Waals surface area contributed by atoms with Crippen molar-refractivity contribution in [2.45, 2.75) is 19.0 Å². The molecule has 0 aliphatic carbocycles. The van der Waals surface area contributed by atoms with E-state index in [-0.39, 0.29) is 5.78 Å². The molecular weight excluding hydrogens is 272 g/mol. The monoisotopic (exact) mass is 286 g/mol. The van der Waals surface area contributed by atoms with Gasteiger partial charge < -0.3 is 4.98 Å². The SMILES string of the molecule is Cc1nc(SCC(=O)c2c(C)[nH]c3ccccc23)n[nH]1. The lowest BCUT2D eigenvalue weighted by Gasteiger charge is -1.99. The number of H-pyrrole nitrogens is 2. The predicted octanol–water partition coefficient (Wildman–Crippen LogP) is 2.88. The van der Waals surface area contributed by atoms with Gasteiger partial charge in [0.05, 0.1) is 5.75 Å². The number of hydrogen-bond acceptors (Lipinski definition) is 4. The molecule has 0 spiro atoms. The second-order valence-corrected chi connectivity index (χ2v) is 5.53. The third kappa shape index (κ3) is 2.34. The van der Waals surface area contributed by atoms with E-state index in [1.54, 1.807) is 0 Å². The van der Waals surface area contributed by atoms with Gasteiger partial charge in [0.15, 0.2) is 5.78 Å². The highest BCUT2D eigenvalue weighted by atomic mass is 32.2. The Morgan fingerprint density at radius 2 is 2.10 bits per heavy atom. The highest BCUT2D eigenvalue weighted by molar-refractivity contribution is 7.99. The molecule has 0 saturated carbocycles. The summed E-state index contributed by atoms with van der Waals surface area (Å²) in [6, 6.07) is 7.84. The average Bonchev–Trinajstić information content (AvgIpc) is 2.98. The van der Waals surface area contributed by atoms with Crippen LogP contribution in [0.3, 0.4) is 0 Å². The second kappa shape index (κ2) is 5.13. The number of carbonyl (C=O) groups excluding carboxylic acids is 1. The van der Waals surface area contributed by atoms with Gasteiger partial charge in [-0.05, 0) is 19.9 Å². The van der Waals surface area contributed by atoms with Crippen molar-refractivity contribution in [1.29, 1.82) is 0 Å². The molecule has 3 rings (SSSR count). The normalized spacial score (nSPS) is 11.1. The molecule has 5 nitrogen and oxygen atoms in total. The molecule has 0 fully saturated rings. The van der Waals surface area contributed by atoms with Crippen LogP contribution in [0.2, 0.25) is 0 Å². The Morgan fingerprint density at radius 1 is 1.30 bits per heavy atom. The third-order valence-corrected chi connectivity index (χ3v) is 3.93. The molecule has 0 aliphatic heterocycles. The standard InChI is InChI=1S/C14H14N4OS/c1-8-13(10-5-3-4-6-11(10)15-8)12(19)7-20-14-16-9(2)17-18-14/h3-6,15H,7H2,1-2H3,(H,16,17,18). The van der Waals surface area contributed by atoms with E-state index in [4.69, 9.17) is 0 Å². The number of carbonyl (C=O) groups is 1. The molecule has 20 heavy (non-hydrogen) atoms. The van der Waals surface area contributed by atoms with Crippen LogP contribution in [0.1, 0.15) is 21.9 Å². The molecule has 0 atom stereocenters. The molecule has 6 heteroatoms. The molecule has 0 aliphatic rings. The maximum atomic E-state index is 12.4. The maximum Gasteiger partial charge on any atom is 0.208 e. The minimum atomic E-state index is 0.0902. The van der Waals surface area contributed by atoms with Crippen molar-refractivity contribution in [1.82, 2.24) is 20.2 Å². The number of hydrogen-bond donors (Lipinski definition) is 2. The van der Waals surface area contributed by atoms with E-state index in [2.05, 4.69) is 20.2 Å². The molecule has 0 radical (unpaired) electrons. The van der Waals surface area contributed by atoms with Crippen LogP contribution in [0.5, 0.6) is 0 Å². The van der Waals surface area contributed by atoms with Crippen molar-refractivity contribution in [3.63, 3.8) is 0 Å². The number of para-hydroxylation sites is 1. The largest absolute Gasteiger partial charge is 0.358 e. The van der Waals surface area contributed by atoms with E-state index < -0.39 is 0 Å². The van der Waals surface area contributed by atoms with Crippen LogP contribution in [0, 0.1) is 13.8 Å². The van der Waals surface area contributed by atoms with Crippen LogP contribution in [0.15, 0.2) is 29.4 Å². The Bertz CT molecular complexity index is 774. The molecule has 2 N–H and O–H groups in total. The summed E-state index contributed by atoms with van der Waals surface area (Å²) >= 11 is 1.35. The first-order valence-electron chi connectivity index (χ1n) is 6.27. The fraction of sp³-hybridized carbons (Fsp3) is 0.214. The van der Waals surface area contributed by atoms with Gasteiger partial charge in [-0.1, -0.05) is 30.0 Å². The van der Waals surface area contributed by atoms with Crippen molar-refractivity contribution < 1.29 is 4.79 Å². The van der Waals surface area contributed by atoms with E-state index in [0.29, 0.717) is 10.9 Å². The van der Waals surface area contributed by atoms with Crippen molar-refractivity contribution in [3.8, 4) is 0 Å². The number of ketones is 1. The summed E-state index contributed by atoms with van der Waals surface area (Å²) in [5, 5.41) is 8.37. The quantitative estimate of drug-likeness (QED) is 0.571. The minimum Gasteiger partial charge on any atom is -0.358 e. The lowest BCUT2D eigenvalue weighted by molar-refractivity contribution is 0.102. The minimum absolute atomic E-state index is 0.0902. The summed E-state index contributed by atoms with van der Waals surface area (Å²) in [6.07, 6.45) is 0. The van der Waals surface area contributed by atoms with Gasteiger partial charge in [-0.25, -0.2) is 4.98 Å². The Morgan fingerprint density at radius 3 is 2.85 bits per heavy atom. The zero-order valence-electron chi connectivity index (χ0n) is 11.2. The van der Waals surface area contributed by atoms with E-state index in [1.165, 1.54) is 11.8 Å². The lowest BCUT2D eigenvalue weighted by atomic mass is 10.1. The zero-order chi connectivity index (χ0) is 14.1. The van der Waals surface area contributed by atoms with Gasteiger partial charge in [-0.3, -0.25) is 9.89 Å². The highest BCUT2D eigenvalue weighted by Gasteiger charge is 2.16.